The molecule has 94 valence electrons. The summed E-state index contributed by atoms with van der Waals surface area (Å²) in [6.45, 7) is 2.70. The van der Waals surface area contributed by atoms with Crippen LogP contribution < -0.4 is 5.32 Å². The molecule has 1 aromatic carbocycles. The van der Waals surface area contributed by atoms with E-state index in [0.29, 0.717) is 12.6 Å². The minimum Gasteiger partial charge on any atom is -0.467 e. The van der Waals surface area contributed by atoms with Gasteiger partial charge >= 0.3 is 0 Å². The maximum absolute atomic E-state index is 13.3. The van der Waals surface area contributed by atoms with E-state index < -0.39 is 0 Å². The van der Waals surface area contributed by atoms with Crippen molar-refractivity contribution in [3.63, 3.8) is 0 Å². The molecule has 1 aromatic heterocycles. The zero-order chi connectivity index (χ0) is 12.5. The van der Waals surface area contributed by atoms with Crippen LogP contribution in [0.4, 0.5) is 4.39 Å². The zero-order valence-corrected chi connectivity index (χ0v) is 10.4. The average molecular weight is 245 g/mol. The van der Waals surface area contributed by atoms with Crippen molar-refractivity contribution in [1.82, 2.24) is 5.32 Å². The monoisotopic (exact) mass is 245 g/mol. The van der Waals surface area contributed by atoms with E-state index in [1.54, 1.807) is 18.4 Å². The lowest BCUT2D eigenvalue weighted by molar-refractivity contribution is 0.483. The van der Waals surface area contributed by atoms with E-state index in [2.05, 4.69) is 5.32 Å². The Kier molecular flexibility index (Phi) is 2.92. The van der Waals surface area contributed by atoms with Crippen molar-refractivity contribution < 1.29 is 8.81 Å². The molecule has 1 fully saturated rings. The number of hydrogen-bond donors (Lipinski definition) is 1. The van der Waals surface area contributed by atoms with Crippen LogP contribution in [-0.4, -0.2) is 6.04 Å². The molecule has 1 heterocycles. The number of hydrogen-bond acceptors (Lipinski definition) is 2. The van der Waals surface area contributed by atoms with E-state index in [1.165, 1.54) is 18.9 Å². The highest BCUT2D eigenvalue weighted by Crippen LogP contribution is 2.29. The Morgan fingerprint density at radius 3 is 2.89 bits per heavy atom. The molecule has 1 saturated carbocycles. The van der Waals surface area contributed by atoms with Gasteiger partial charge in [-0.3, -0.25) is 0 Å². The molecule has 1 aliphatic carbocycles. The molecule has 0 amide bonds. The maximum atomic E-state index is 13.3. The van der Waals surface area contributed by atoms with E-state index in [-0.39, 0.29) is 5.82 Å². The van der Waals surface area contributed by atoms with Gasteiger partial charge < -0.3 is 9.73 Å². The second-order valence-electron chi connectivity index (χ2n) is 4.87. The average Bonchev–Trinajstić information content (AvgIpc) is 3.08. The minimum absolute atomic E-state index is 0.210. The predicted molar refractivity (Wildman–Crippen MR) is 68.7 cm³/mol. The van der Waals surface area contributed by atoms with Crippen molar-refractivity contribution in [3.05, 3.63) is 47.7 Å². The highest BCUT2D eigenvalue weighted by Gasteiger charge is 2.21. The van der Waals surface area contributed by atoms with Gasteiger partial charge in [-0.15, -0.1) is 0 Å². The fourth-order valence-corrected chi connectivity index (χ4v) is 2.13. The number of halogens is 1. The van der Waals surface area contributed by atoms with Crippen LogP contribution in [0.3, 0.4) is 0 Å². The lowest BCUT2D eigenvalue weighted by atomic mass is 10.0. The fraction of sp³-hybridized carbons (Fsp3) is 0.333. The van der Waals surface area contributed by atoms with Gasteiger partial charge in [0.15, 0.2) is 0 Å². The standard InChI is InChI=1S/C15H16FNO/c1-10-2-3-11(16)8-14(10)13-6-7-18-15(13)9-17-12-4-5-12/h2-3,6-8,12,17H,4-5,9H2,1H3. The molecule has 1 aliphatic rings. The highest BCUT2D eigenvalue weighted by atomic mass is 19.1. The lowest BCUT2D eigenvalue weighted by Gasteiger charge is -2.07. The Bertz CT molecular complexity index is 557. The molecule has 0 unspecified atom stereocenters. The summed E-state index contributed by atoms with van der Waals surface area (Å²) in [6, 6.07) is 7.40. The van der Waals surface area contributed by atoms with Crippen LogP contribution in [0.2, 0.25) is 0 Å². The molecule has 0 saturated heterocycles. The Hall–Kier alpha value is -1.61. The predicted octanol–water partition coefficient (Wildman–Crippen LogP) is 3.65. The summed E-state index contributed by atoms with van der Waals surface area (Å²) in [5.74, 6) is 0.675. The van der Waals surface area contributed by atoms with Crippen molar-refractivity contribution in [2.45, 2.75) is 32.4 Å². The molecule has 3 heteroatoms. The zero-order valence-electron chi connectivity index (χ0n) is 10.4. The molecular formula is C15H16FNO. The third kappa shape index (κ3) is 2.31. The third-order valence-electron chi connectivity index (χ3n) is 3.36. The van der Waals surface area contributed by atoms with E-state index in [4.69, 9.17) is 4.42 Å². The van der Waals surface area contributed by atoms with Gasteiger partial charge in [0.25, 0.3) is 0 Å². The summed E-state index contributed by atoms with van der Waals surface area (Å²) in [5.41, 5.74) is 2.96. The maximum Gasteiger partial charge on any atom is 0.125 e. The van der Waals surface area contributed by atoms with Gasteiger partial charge in [-0.05, 0) is 49.1 Å². The number of aryl methyl sites for hydroxylation is 1. The van der Waals surface area contributed by atoms with Crippen molar-refractivity contribution in [1.29, 1.82) is 0 Å². The van der Waals surface area contributed by atoms with Gasteiger partial charge in [0, 0.05) is 11.6 Å². The van der Waals surface area contributed by atoms with Crippen molar-refractivity contribution in [2.75, 3.05) is 0 Å². The van der Waals surface area contributed by atoms with Crippen LogP contribution >= 0.6 is 0 Å². The topological polar surface area (TPSA) is 25.2 Å². The highest BCUT2D eigenvalue weighted by molar-refractivity contribution is 5.68. The van der Waals surface area contributed by atoms with Crippen LogP contribution in [0.15, 0.2) is 34.9 Å². The second kappa shape index (κ2) is 4.58. The Labute approximate surface area is 106 Å². The SMILES string of the molecule is Cc1ccc(F)cc1-c1ccoc1CNC1CC1. The smallest absolute Gasteiger partial charge is 0.125 e. The van der Waals surface area contributed by atoms with E-state index >= 15 is 0 Å². The number of rotatable bonds is 4. The molecule has 2 aromatic rings. The normalized spacial score (nSPS) is 15.0. The summed E-state index contributed by atoms with van der Waals surface area (Å²) in [6.07, 6.45) is 4.16. The Morgan fingerprint density at radius 2 is 2.11 bits per heavy atom. The first kappa shape index (κ1) is 11.5. The molecule has 0 bridgehead atoms. The molecule has 0 atom stereocenters. The quantitative estimate of drug-likeness (QED) is 0.889. The molecule has 18 heavy (non-hydrogen) atoms. The number of benzene rings is 1. The van der Waals surface area contributed by atoms with Gasteiger partial charge in [0.2, 0.25) is 0 Å². The van der Waals surface area contributed by atoms with E-state index in [9.17, 15) is 4.39 Å². The van der Waals surface area contributed by atoms with Crippen molar-refractivity contribution in [2.24, 2.45) is 0 Å². The first-order chi connectivity index (χ1) is 8.74. The molecule has 0 spiro atoms. The fourth-order valence-electron chi connectivity index (χ4n) is 2.13. The van der Waals surface area contributed by atoms with Gasteiger partial charge in [0.05, 0.1) is 12.8 Å². The molecule has 0 radical (unpaired) electrons. The Balaban J connectivity index is 1.90. The molecule has 3 rings (SSSR count). The molecule has 0 aliphatic heterocycles. The first-order valence-electron chi connectivity index (χ1n) is 6.30. The van der Waals surface area contributed by atoms with Crippen molar-refractivity contribution >= 4 is 0 Å². The van der Waals surface area contributed by atoms with Crippen molar-refractivity contribution in [3.8, 4) is 11.1 Å². The molecule has 2 nitrogen and oxygen atoms in total. The summed E-state index contributed by atoms with van der Waals surface area (Å²) in [7, 11) is 0. The lowest BCUT2D eigenvalue weighted by Crippen LogP contribution is -2.15. The van der Waals surface area contributed by atoms with Crippen LogP contribution in [-0.2, 0) is 6.54 Å². The van der Waals surface area contributed by atoms with Crippen LogP contribution in [0.25, 0.3) is 11.1 Å². The van der Waals surface area contributed by atoms with Gasteiger partial charge in [-0.25, -0.2) is 4.39 Å². The van der Waals surface area contributed by atoms with Crippen LogP contribution in [0.5, 0.6) is 0 Å². The molecular weight excluding hydrogens is 229 g/mol. The summed E-state index contributed by atoms with van der Waals surface area (Å²) < 4.78 is 18.9. The summed E-state index contributed by atoms with van der Waals surface area (Å²) in [5, 5.41) is 3.42. The van der Waals surface area contributed by atoms with Crippen LogP contribution in [0.1, 0.15) is 24.2 Å². The van der Waals surface area contributed by atoms with Gasteiger partial charge in [-0.1, -0.05) is 6.07 Å². The van der Waals surface area contributed by atoms with E-state index in [0.717, 1.165) is 22.5 Å². The van der Waals surface area contributed by atoms with E-state index in [1.807, 2.05) is 13.0 Å². The van der Waals surface area contributed by atoms with Gasteiger partial charge in [-0.2, -0.15) is 0 Å². The number of nitrogens with one attached hydrogen (secondary N) is 1. The first-order valence-corrected chi connectivity index (χ1v) is 6.30. The molecule has 1 N–H and O–H groups in total. The second-order valence-corrected chi connectivity index (χ2v) is 4.87. The Morgan fingerprint density at radius 1 is 1.28 bits per heavy atom. The summed E-state index contributed by atoms with van der Waals surface area (Å²) in [4.78, 5) is 0. The summed E-state index contributed by atoms with van der Waals surface area (Å²) >= 11 is 0. The largest absolute Gasteiger partial charge is 0.467 e. The van der Waals surface area contributed by atoms with Crippen LogP contribution in [0, 0.1) is 12.7 Å². The van der Waals surface area contributed by atoms with Gasteiger partial charge in [0.1, 0.15) is 11.6 Å². The number of furan rings is 1. The third-order valence-corrected chi connectivity index (χ3v) is 3.36. The minimum atomic E-state index is -0.210.